The predicted octanol–water partition coefficient (Wildman–Crippen LogP) is 4.11. The van der Waals surface area contributed by atoms with E-state index in [4.69, 9.17) is 0 Å². The summed E-state index contributed by atoms with van der Waals surface area (Å²) in [6.45, 7) is 0.414. The van der Waals surface area contributed by atoms with Crippen LogP contribution < -0.4 is 10.6 Å². The van der Waals surface area contributed by atoms with Gasteiger partial charge in [0.15, 0.2) is 0 Å². The van der Waals surface area contributed by atoms with Gasteiger partial charge in [0.2, 0.25) is 0 Å². The Morgan fingerprint density at radius 2 is 1.69 bits per heavy atom. The molecule has 132 valence electrons. The third kappa shape index (κ3) is 4.55. The second-order valence-corrected chi connectivity index (χ2v) is 6.56. The average molecular weight is 368 g/mol. The van der Waals surface area contributed by atoms with Gasteiger partial charge in [-0.3, -0.25) is 9.59 Å². The number of amides is 2. The molecule has 0 radical (unpaired) electrons. The fourth-order valence-corrected chi connectivity index (χ4v) is 3.07. The van der Waals surface area contributed by atoms with Crippen LogP contribution in [0.3, 0.4) is 0 Å². The Bertz CT molecular complexity index is 892. The predicted molar refractivity (Wildman–Crippen MR) is 101 cm³/mol. The Morgan fingerprint density at radius 1 is 0.923 bits per heavy atom. The smallest absolute Gasteiger partial charge is 0.265 e. The molecule has 1 aromatic heterocycles. The molecule has 0 bridgehead atoms. The number of para-hydroxylation sites is 1. The SMILES string of the molecule is O=C(Nc1ccccc1C(=O)NCCc1ccc(F)cc1)c1cccs1. The highest BCUT2D eigenvalue weighted by molar-refractivity contribution is 7.12. The third-order valence-corrected chi connectivity index (χ3v) is 4.65. The molecule has 0 saturated heterocycles. The summed E-state index contributed by atoms with van der Waals surface area (Å²) < 4.78 is 12.9. The van der Waals surface area contributed by atoms with Gasteiger partial charge in [-0.2, -0.15) is 0 Å². The van der Waals surface area contributed by atoms with Crippen molar-refractivity contribution in [3.8, 4) is 0 Å². The first-order valence-corrected chi connectivity index (χ1v) is 8.98. The summed E-state index contributed by atoms with van der Waals surface area (Å²) in [6, 6.07) is 16.6. The van der Waals surface area contributed by atoms with Crippen molar-refractivity contribution in [1.29, 1.82) is 0 Å². The molecule has 3 rings (SSSR count). The number of halogens is 1. The molecule has 0 unspecified atom stereocenters. The molecule has 0 aliphatic rings. The molecule has 4 nitrogen and oxygen atoms in total. The maximum absolute atomic E-state index is 12.9. The van der Waals surface area contributed by atoms with E-state index in [0.717, 1.165) is 5.56 Å². The lowest BCUT2D eigenvalue weighted by atomic mass is 10.1. The highest BCUT2D eigenvalue weighted by atomic mass is 32.1. The van der Waals surface area contributed by atoms with Crippen molar-refractivity contribution in [3.05, 3.63) is 87.9 Å². The molecule has 2 N–H and O–H groups in total. The van der Waals surface area contributed by atoms with Gasteiger partial charge in [-0.25, -0.2) is 4.39 Å². The molecule has 0 spiro atoms. The van der Waals surface area contributed by atoms with Crippen LogP contribution in [-0.4, -0.2) is 18.4 Å². The summed E-state index contributed by atoms with van der Waals surface area (Å²) in [5.74, 6) is -0.797. The Morgan fingerprint density at radius 3 is 2.42 bits per heavy atom. The van der Waals surface area contributed by atoms with E-state index in [-0.39, 0.29) is 17.6 Å². The van der Waals surface area contributed by atoms with Crippen molar-refractivity contribution in [2.24, 2.45) is 0 Å². The summed E-state index contributed by atoms with van der Waals surface area (Å²) in [5, 5.41) is 7.43. The van der Waals surface area contributed by atoms with Crippen molar-refractivity contribution in [2.75, 3.05) is 11.9 Å². The zero-order valence-electron chi connectivity index (χ0n) is 13.9. The number of thiophene rings is 1. The van der Waals surface area contributed by atoms with E-state index < -0.39 is 0 Å². The van der Waals surface area contributed by atoms with Crippen LogP contribution in [-0.2, 0) is 6.42 Å². The van der Waals surface area contributed by atoms with Gasteiger partial charge < -0.3 is 10.6 Å². The number of nitrogens with one attached hydrogen (secondary N) is 2. The normalized spacial score (nSPS) is 10.3. The first-order chi connectivity index (χ1) is 12.6. The van der Waals surface area contributed by atoms with E-state index in [2.05, 4.69) is 10.6 Å². The van der Waals surface area contributed by atoms with Crippen molar-refractivity contribution in [1.82, 2.24) is 5.32 Å². The van der Waals surface area contributed by atoms with E-state index in [1.807, 2.05) is 5.38 Å². The number of carbonyl (C=O) groups excluding carboxylic acids is 2. The minimum Gasteiger partial charge on any atom is -0.352 e. The van der Waals surface area contributed by atoms with Crippen LogP contribution in [0.2, 0.25) is 0 Å². The number of rotatable bonds is 6. The van der Waals surface area contributed by atoms with Crippen LogP contribution in [0.5, 0.6) is 0 Å². The van der Waals surface area contributed by atoms with Crippen LogP contribution in [0, 0.1) is 5.82 Å². The lowest BCUT2D eigenvalue weighted by Gasteiger charge is -2.11. The quantitative estimate of drug-likeness (QED) is 0.688. The summed E-state index contributed by atoms with van der Waals surface area (Å²) in [7, 11) is 0. The van der Waals surface area contributed by atoms with Crippen LogP contribution >= 0.6 is 11.3 Å². The third-order valence-electron chi connectivity index (χ3n) is 3.78. The summed E-state index contributed by atoms with van der Waals surface area (Å²) >= 11 is 1.34. The van der Waals surface area contributed by atoms with Crippen molar-refractivity contribution in [2.45, 2.75) is 6.42 Å². The van der Waals surface area contributed by atoms with E-state index >= 15 is 0 Å². The topological polar surface area (TPSA) is 58.2 Å². The monoisotopic (exact) mass is 368 g/mol. The van der Waals surface area contributed by atoms with E-state index in [0.29, 0.717) is 29.1 Å². The van der Waals surface area contributed by atoms with Gasteiger partial charge in [-0.05, 0) is 47.7 Å². The Balaban J connectivity index is 1.62. The molecule has 0 aliphatic carbocycles. The lowest BCUT2D eigenvalue weighted by Crippen LogP contribution is -2.27. The van der Waals surface area contributed by atoms with Gasteiger partial charge in [-0.15, -0.1) is 11.3 Å². The Hall–Kier alpha value is -2.99. The van der Waals surface area contributed by atoms with E-state index in [1.165, 1.54) is 23.5 Å². The molecular weight excluding hydrogens is 351 g/mol. The van der Waals surface area contributed by atoms with Gasteiger partial charge >= 0.3 is 0 Å². The molecule has 0 saturated carbocycles. The number of hydrogen-bond acceptors (Lipinski definition) is 3. The molecule has 6 heteroatoms. The molecule has 2 aromatic carbocycles. The van der Waals surface area contributed by atoms with Crippen LogP contribution in [0.1, 0.15) is 25.6 Å². The number of anilines is 1. The molecule has 0 aliphatic heterocycles. The minimum absolute atomic E-state index is 0.244. The zero-order valence-corrected chi connectivity index (χ0v) is 14.7. The number of carbonyl (C=O) groups is 2. The second kappa shape index (κ2) is 8.40. The van der Waals surface area contributed by atoms with Crippen molar-refractivity contribution in [3.63, 3.8) is 0 Å². The summed E-state index contributed by atoms with van der Waals surface area (Å²) in [5.41, 5.74) is 1.80. The number of hydrogen-bond donors (Lipinski definition) is 2. The largest absolute Gasteiger partial charge is 0.352 e. The van der Waals surface area contributed by atoms with Gasteiger partial charge in [0.1, 0.15) is 5.82 Å². The Labute approximate surface area is 154 Å². The fourth-order valence-electron chi connectivity index (χ4n) is 2.45. The van der Waals surface area contributed by atoms with Crippen LogP contribution in [0.4, 0.5) is 10.1 Å². The summed E-state index contributed by atoms with van der Waals surface area (Å²) in [4.78, 5) is 25.3. The zero-order chi connectivity index (χ0) is 18.4. The first kappa shape index (κ1) is 17.8. The lowest BCUT2D eigenvalue weighted by molar-refractivity contribution is 0.0955. The molecule has 0 atom stereocenters. The average Bonchev–Trinajstić information content (AvgIpc) is 3.18. The molecular formula is C20H17FN2O2S. The summed E-state index contributed by atoms with van der Waals surface area (Å²) in [6.07, 6.45) is 0.593. The standard InChI is InChI=1S/C20H17FN2O2S/c21-15-9-7-14(8-10-15)11-12-22-19(24)16-4-1-2-5-17(16)23-20(25)18-6-3-13-26-18/h1-10,13H,11-12H2,(H,22,24)(H,23,25). The highest BCUT2D eigenvalue weighted by Gasteiger charge is 2.14. The van der Waals surface area contributed by atoms with Gasteiger partial charge in [0.05, 0.1) is 16.1 Å². The van der Waals surface area contributed by atoms with Crippen molar-refractivity contribution >= 4 is 28.8 Å². The van der Waals surface area contributed by atoms with Crippen molar-refractivity contribution < 1.29 is 14.0 Å². The maximum atomic E-state index is 12.9. The molecule has 1 heterocycles. The molecule has 26 heavy (non-hydrogen) atoms. The Kier molecular flexibility index (Phi) is 5.76. The molecule has 3 aromatic rings. The highest BCUT2D eigenvalue weighted by Crippen LogP contribution is 2.18. The number of benzene rings is 2. The maximum Gasteiger partial charge on any atom is 0.265 e. The second-order valence-electron chi connectivity index (χ2n) is 5.61. The van der Waals surface area contributed by atoms with E-state index in [9.17, 15) is 14.0 Å². The van der Waals surface area contributed by atoms with Gasteiger partial charge in [0, 0.05) is 6.54 Å². The first-order valence-electron chi connectivity index (χ1n) is 8.10. The molecule has 2 amide bonds. The van der Waals surface area contributed by atoms with E-state index in [1.54, 1.807) is 48.5 Å². The van der Waals surface area contributed by atoms with Crippen LogP contribution in [0.15, 0.2) is 66.0 Å². The van der Waals surface area contributed by atoms with Crippen LogP contribution in [0.25, 0.3) is 0 Å². The van der Waals surface area contributed by atoms with Gasteiger partial charge in [-0.1, -0.05) is 30.3 Å². The molecule has 0 fully saturated rings. The van der Waals surface area contributed by atoms with Gasteiger partial charge in [0.25, 0.3) is 11.8 Å². The fraction of sp³-hybridized carbons (Fsp3) is 0.100. The minimum atomic E-state index is -0.284.